The summed E-state index contributed by atoms with van der Waals surface area (Å²) >= 11 is 3.65. The maximum atomic E-state index is 3.82. The van der Waals surface area contributed by atoms with Crippen LogP contribution in [0.1, 0.15) is 42.7 Å². The standard InChI is InChI=1S/C13H15Br/c1-3-9(2)11-6-7-12(10-4-5-10)13(14)8-11/h3,6-10H,1,4-5H2,2H3. The Hall–Kier alpha value is -0.560. The van der Waals surface area contributed by atoms with Gasteiger partial charge < -0.3 is 0 Å². The molecule has 0 radical (unpaired) electrons. The van der Waals surface area contributed by atoms with E-state index in [-0.39, 0.29) is 0 Å². The highest BCUT2D eigenvalue weighted by Gasteiger charge is 2.25. The summed E-state index contributed by atoms with van der Waals surface area (Å²) in [6.45, 7) is 5.99. The van der Waals surface area contributed by atoms with Gasteiger partial charge in [0.15, 0.2) is 0 Å². The van der Waals surface area contributed by atoms with Crippen molar-refractivity contribution < 1.29 is 0 Å². The number of halogens is 1. The Bertz CT molecular complexity index is 350. The Kier molecular flexibility index (Phi) is 2.78. The van der Waals surface area contributed by atoms with Gasteiger partial charge in [0.2, 0.25) is 0 Å². The fraction of sp³-hybridized carbons (Fsp3) is 0.385. The van der Waals surface area contributed by atoms with Crippen LogP contribution >= 0.6 is 15.9 Å². The smallest absolute Gasteiger partial charge is 0.0213 e. The molecule has 1 aliphatic rings. The number of benzene rings is 1. The lowest BCUT2D eigenvalue weighted by Gasteiger charge is -2.09. The van der Waals surface area contributed by atoms with Crippen molar-refractivity contribution >= 4 is 15.9 Å². The van der Waals surface area contributed by atoms with E-state index < -0.39 is 0 Å². The van der Waals surface area contributed by atoms with Crippen molar-refractivity contribution in [3.63, 3.8) is 0 Å². The first kappa shape index (κ1) is 9.97. The second-order valence-electron chi connectivity index (χ2n) is 4.08. The van der Waals surface area contributed by atoms with E-state index in [4.69, 9.17) is 0 Å². The third kappa shape index (κ3) is 1.93. The van der Waals surface area contributed by atoms with E-state index in [0.717, 1.165) is 5.92 Å². The SMILES string of the molecule is C=CC(C)c1ccc(C2CC2)c(Br)c1. The number of hydrogen-bond donors (Lipinski definition) is 0. The molecule has 0 amide bonds. The van der Waals surface area contributed by atoms with Crippen molar-refractivity contribution in [3.05, 3.63) is 46.5 Å². The van der Waals surface area contributed by atoms with Gasteiger partial charge in [0, 0.05) is 4.47 Å². The molecule has 14 heavy (non-hydrogen) atoms. The van der Waals surface area contributed by atoms with Gasteiger partial charge in [-0.1, -0.05) is 41.1 Å². The average Bonchev–Trinajstić information content (AvgIpc) is 3.00. The van der Waals surface area contributed by atoms with Gasteiger partial charge in [0.05, 0.1) is 0 Å². The van der Waals surface area contributed by atoms with Crippen molar-refractivity contribution in [1.29, 1.82) is 0 Å². The van der Waals surface area contributed by atoms with E-state index in [2.05, 4.69) is 47.6 Å². The van der Waals surface area contributed by atoms with Crippen molar-refractivity contribution in [1.82, 2.24) is 0 Å². The summed E-state index contributed by atoms with van der Waals surface area (Å²) in [6.07, 6.45) is 4.70. The van der Waals surface area contributed by atoms with Crippen molar-refractivity contribution in [3.8, 4) is 0 Å². The highest BCUT2D eigenvalue weighted by atomic mass is 79.9. The van der Waals surface area contributed by atoms with Crippen LogP contribution in [0, 0.1) is 0 Å². The molecular formula is C13H15Br. The van der Waals surface area contributed by atoms with E-state index >= 15 is 0 Å². The Balaban J connectivity index is 2.29. The fourth-order valence-electron chi connectivity index (χ4n) is 1.69. The molecule has 1 unspecified atom stereocenters. The molecule has 0 aliphatic heterocycles. The summed E-state index contributed by atoms with van der Waals surface area (Å²) in [5, 5.41) is 0. The lowest BCUT2D eigenvalue weighted by atomic mass is 9.99. The topological polar surface area (TPSA) is 0 Å². The molecule has 0 aromatic heterocycles. The van der Waals surface area contributed by atoms with Crippen LogP contribution in [0.15, 0.2) is 35.3 Å². The molecule has 1 aromatic rings. The van der Waals surface area contributed by atoms with Crippen molar-refractivity contribution in [2.24, 2.45) is 0 Å². The third-order valence-corrected chi connectivity index (χ3v) is 3.61. The second-order valence-corrected chi connectivity index (χ2v) is 4.93. The van der Waals surface area contributed by atoms with E-state index in [9.17, 15) is 0 Å². The number of rotatable bonds is 3. The van der Waals surface area contributed by atoms with Gasteiger partial charge in [-0.2, -0.15) is 0 Å². The van der Waals surface area contributed by atoms with E-state index in [1.807, 2.05) is 6.08 Å². The maximum Gasteiger partial charge on any atom is 0.0213 e. The second kappa shape index (κ2) is 3.90. The minimum absolute atomic E-state index is 0.444. The quantitative estimate of drug-likeness (QED) is 0.688. The van der Waals surface area contributed by atoms with E-state index in [1.54, 1.807) is 0 Å². The van der Waals surface area contributed by atoms with Gasteiger partial charge in [0.1, 0.15) is 0 Å². The summed E-state index contributed by atoms with van der Waals surface area (Å²) in [5.41, 5.74) is 2.82. The van der Waals surface area contributed by atoms with Crippen molar-refractivity contribution in [2.75, 3.05) is 0 Å². The molecule has 0 N–H and O–H groups in total. The van der Waals surface area contributed by atoms with Gasteiger partial charge in [-0.25, -0.2) is 0 Å². The lowest BCUT2D eigenvalue weighted by Crippen LogP contribution is -1.90. The minimum atomic E-state index is 0.444. The monoisotopic (exact) mass is 250 g/mol. The van der Waals surface area contributed by atoms with Gasteiger partial charge in [-0.15, -0.1) is 6.58 Å². The van der Waals surface area contributed by atoms with Gasteiger partial charge in [-0.05, 0) is 41.9 Å². The molecule has 1 saturated carbocycles. The maximum absolute atomic E-state index is 3.82. The van der Waals surface area contributed by atoms with Crippen molar-refractivity contribution in [2.45, 2.75) is 31.6 Å². The Morgan fingerprint density at radius 1 is 1.50 bits per heavy atom. The number of allylic oxidation sites excluding steroid dienone is 1. The van der Waals surface area contributed by atoms with Crippen LogP contribution in [0.2, 0.25) is 0 Å². The first-order valence-electron chi connectivity index (χ1n) is 5.14. The molecular weight excluding hydrogens is 236 g/mol. The average molecular weight is 251 g/mol. The fourth-order valence-corrected chi connectivity index (χ4v) is 2.41. The molecule has 0 saturated heterocycles. The molecule has 0 nitrogen and oxygen atoms in total. The van der Waals surface area contributed by atoms with Crippen LogP contribution in [-0.4, -0.2) is 0 Å². The van der Waals surface area contributed by atoms with Gasteiger partial charge >= 0.3 is 0 Å². The molecule has 2 rings (SSSR count). The highest BCUT2D eigenvalue weighted by molar-refractivity contribution is 9.10. The Labute approximate surface area is 94.2 Å². The molecule has 1 aromatic carbocycles. The molecule has 1 heteroatoms. The van der Waals surface area contributed by atoms with Gasteiger partial charge in [0.25, 0.3) is 0 Å². The highest BCUT2D eigenvalue weighted by Crippen LogP contribution is 2.43. The normalized spacial score (nSPS) is 17.9. The summed E-state index contributed by atoms with van der Waals surface area (Å²) in [7, 11) is 0. The van der Waals surface area contributed by atoms with Crippen LogP contribution in [0.3, 0.4) is 0 Å². The van der Waals surface area contributed by atoms with Crippen LogP contribution < -0.4 is 0 Å². The third-order valence-electron chi connectivity index (χ3n) is 2.92. The van der Waals surface area contributed by atoms with Crippen LogP contribution in [0.5, 0.6) is 0 Å². The predicted molar refractivity (Wildman–Crippen MR) is 64.7 cm³/mol. The Morgan fingerprint density at radius 2 is 2.21 bits per heavy atom. The Morgan fingerprint density at radius 3 is 2.71 bits per heavy atom. The largest absolute Gasteiger partial charge is 0.102 e. The first-order chi connectivity index (χ1) is 6.72. The summed E-state index contributed by atoms with van der Waals surface area (Å²) in [4.78, 5) is 0. The minimum Gasteiger partial charge on any atom is -0.102 e. The predicted octanol–water partition coefficient (Wildman–Crippen LogP) is 4.62. The van der Waals surface area contributed by atoms with E-state index in [1.165, 1.54) is 28.4 Å². The van der Waals surface area contributed by atoms with Gasteiger partial charge in [-0.3, -0.25) is 0 Å². The summed E-state index contributed by atoms with van der Waals surface area (Å²) in [6, 6.07) is 6.72. The lowest BCUT2D eigenvalue weighted by molar-refractivity contribution is 0.962. The van der Waals surface area contributed by atoms with Crippen LogP contribution in [0.25, 0.3) is 0 Å². The molecule has 74 valence electrons. The summed E-state index contributed by atoms with van der Waals surface area (Å²) in [5.74, 6) is 1.26. The molecule has 1 aliphatic carbocycles. The molecule has 1 fully saturated rings. The van der Waals surface area contributed by atoms with E-state index in [0.29, 0.717) is 5.92 Å². The molecule has 1 atom stereocenters. The van der Waals surface area contributed by atoms with Crippen LogP contribution in [-0.2, 0) is 0 Å². The summed E-state index contributed by atoms with van der Waals surface area (Å²) < 4.78 is 1.27. The molecule has 0 heterocycles. The number of hydrogen-bond acceptors (Lipinski definition) is 0. The molecule has 0 bridgehead atoms. The zero-order valence-electron chi connectivity index (χ0n) is 8.46. The first-order valence-corrected chi connectivity index (χ1v) is 5.93. The van der Waals surface area contributed by atoms with Crippen LogP contribution in [0.4, 0.5) is 0 Å². The zero-order chi connectivity index (χ0) is 10.1. The zero-order valence-corrected chi connectivity index (χ0v) is 10.0. The molecule has 0 spiro atoms.